The number of rotatable bonds is 3. The van der Waals surface area contributed by atoms with Crippen LogP contribution in [0.15, 0.2) is 24.5 Å². The molecule has 0 aliphatic carbocycles. The predicted molar refractivity (Wildman–Crippen MR) is 67.5 cm³/mol. The summed E-state index contributed by atoms with van der Waals surface area (Å²) in [5.74, 6) is 0.778. The summed E-state index contributed by atoms with van der Waals surface area (Å²) in [5.41, 5.74) is 6.39. The van der Waals surface area contributed by atoms with Crippen molar-refractivity contribution in [2.24, 2.45) is 0 Å². The van der Waals surface area contributed by atoms with Crippen molar-refractivity contribution in [1.29, 1.82) is 0 Å². The quantitative estimate of drug-likeness (QED) is 0.856. The number of nitrogens with zero attached hydrogens (tertiary/aromatic N) is 2. The zero-order valence-corrected chi connectivity index (χ0v) is 10.1. The molecular formula is C11H14N4S. The lowest BCUT2D eigenvalue weighted by atomic mass is 10.3. The van der Waals surface area contributed by atoms with Crippen molar-refractivity contribution in [3.8, 4) is 0 Å². The summed E-state index contributed by atoms with van der Waals surface area (Å²) < 4.78 is 0. The minimum absolute atomic E-state index is 0.146. The highest BCUT2D eigenvalue weighted by atomic mass is 32.1. The molecule has 2 aromatic rings. The molecule has 1 unspecified atom stereocenters. The van der Waals surface area contributed by atoms with Gasteiger partial charge in [0.05, 0.1) is 6.04 Å². The van der Waals surface area contributed by atoms with Gasteiger partial charge in [-0.05, 0) is 19.9 Å². The Morgan fingerprint density at radius 2 is 2.25 bits per heavy atom. The van der Waals surface area contributed by atoms with Crippen LogP contribution in [0.2, 0.25) is 0 Å². The van der Waals surface area contributed by atoms with E-state index in [2.05, 4.69) is 22.2 Å². The minimum atomic E-state index is 0.146. The zero-order chi connectivity index (χ0) is 11.5. The van der Waals surface area contributed by atoms with Crippen molar-refractivity contribution >= 4 is 22.8 Å². The molecule has 84 valence electrons. The largest absolute Gasteiger partial charge is 0.399 e. The van der Waals surface area contributed by atoms with Crippen molar-refractivity contribution < 1.29 is 0 Å². The Kier molecular flexibility index (Phi) is 3.05. The third-order valence-electron chi connectivity index (χ3n) is 2.16. The van der Waals surface area contributed by atoms with Gasteiger partial charge in [-0.3, -0.25) is 0 Å². The Labute approximate surface area is 98.6 Å². The van der Waals surface area contributed by atoms with Gasteiger partial charge in [0.25, 0.3) is 0 Å². The van der Waals surface area contributed by atoms with E-state index in [-0.39, 0.29) is 6.04 Å². The fourth-order valence-electron chi connectivity index (χ4n) is 1.38. The molecule has 3 N–H and O–H groups in total. The number of hydrogen-bond donors (Lipinski definition) is 2. The molecule has 0 aliphatic rings. The lowest BCUT2D eigenvalue weighted by molar-refractivity contribution is 0.861. The topological polar surface area (TPSA) is 63.8 Å². The van der Waals surface area contributed by atoms with Gasteiger partial charge < -0.3 is 11.1 Å². The highest BCUT2D eigenvalue weighted by Crippen LogP contribution is 2.22. The summed E-state index contributed by atoms with van der Waals surface area (Å²) in [6.07, 6.45) is 3.57. The Morgan fingerprint density at radius 1 is 1.44 bits per heavy atom. The summed E-state index contributed by atoms with van der Waals surface area (Å²) in [5, 5.41) is 4.33. The molecule has 2 rings (SSSR count). The van der Waals surface area contributed by atoms with Crippen LogP contribution in [0, 0.1) is 6.92 Å². The lowest BCUT2D eigenvalue weighted by Crippen LogP contribution is -2.07. The maximum Gasteiger partial charge on any atom is 0.128 e. The van der Waals surface area contributed by atoms with E-state index in [0.29, 0.717) is 5.69 Å². The summed E-state index contributed by atoms with van der Waals surface area (Å²) in [6.45, 7) is 4.11. The minimum Gasteiger partial charge on any atom is -0.399 e. The molecular weight excluding hydrogens is 220 g/mol. The molecule has 0 spiro atoms. The van der Waals surface area contributed by atoms with E-state index >= 15 is 0 Å². The number of hydrogen-bond acceptors (Lipinski definition) is 5. The summed E-state index contributed by atoms with van der Waals surface area (Å²) in [6, 6.07) is 3.73. The first-order valence-electron chi connectivity index (χ1n) is 5.05. The first-order chi connectivity index (χ1) is 7.65. The van der Waals surface area contributed by atoms with Gasteiger partial charge in [-0.1, -0.05) is 0 Å². The number of pyridine rings is 1. The van der Waals surface area contributed by atoms with E-state index in [1.807, 2.05) is 19.2 Å². The van der Waals surface area contributed by atoms with E-state index in [1.54, 1.807) is 23.6 Å². The molecule has 2 aromatic heterocycles. The molecule has 0 radical (unpaired) electrons. The third-order valence-corrected chi connectivity index (χ3v) is 3.25. The predicted octanol–water partition coefficient (Wildman–Crippen LogP) is 2.60. The van der Waals surface area contributed by atoms with Gasteiger partial charge >= 0.3 is 0 Å². The van der Waals surface area contributed by atoms with Crippen molar-refractivity contribution in [2.45, 2.75) is 19.9 Å². The number of nitrogen functional groups attached to an aromatic ring is 1. The van der Waals surface area contributed by atoms with Crippen molar-refractivity contribution in [1.82, 2.24) is 9.97 Å². The molecule has 0 saturated heterocycles. The van der Waals surface area contributed by atoms with Gasteiger partial charge in [0.1, 0.15) is 10.8 Å². The lowest BCUT2D eigenvalue weighted by Gasteiger charge is -2.11. The van der Waals surface area contributed by atoms with Gasteiger partial charge in [-0.25, -0.2) is 9.97 Å². The number of thiazole rings is 1. The summed E-state index contributed by atoms with van der Waals surface area (Å²) >= 11 is 1.69. The molecule has 0 bridgehead atoms. The van der Waals surface area contributed by atoms with Gasteiger partial charge in [0, 0.05) is 29.0 Å². The number of aromatic nitrogens is 2. The Morgan fingerprint density at radius 3 is 2.88 bits per heavy atom. The van der Waals surface area contributed by atoms with Crippen LogP contribution in [0.4, 0.5) is 11.5 Å². The van der Waals surface area contributed by atoms with Gasteiger partial charge in [-0.15, -0.1) is 11.3 Å². The van der Waals surface area contributed by atoms with Crippen molar-refractivity contribution in [3.05, 3.63) is 34.4 Å². The SMILES string of the molecule is Cc1cnc(C(C)Nc2cc(N)ccn2)s1. The fourth-order valence-corrected chi connectivity index (χ4v) is 2.16. The Balaban J connectivity index is 2.10. The van der Waals surface area contributed by atoms with Crippen LogP contribution in [-0.4, -0.2) is 9.97 Å². The summed E-state index contributed by atoms with van der Waals surface area (Å²) in [7, 11) is 0. The first kappa shape index (κ1) is 10.9. The Bertz CT molecular complexity index is 480. The van der Waals surface area contributed by atoms with Crippen LogP contribution < -0.4 is 11.1 Å². The highest BCUT2D eigenvalue weighted by molar-refractivity contribution is 7.11. The van der Waals surface area contributed by atoms with Crippen LogP contribution in [0.5, 0.6) is 0 Å². The molecule has 0 amide bonds. The van der Waals surface area contributed by atoms with Crippen LogP contribution in [0.25, 0.3) is 0 Å². The van der Waals surface area contributed by atoms with Crippen LogP contribution in [-0.2, 0) is 0 Å². The number of nitrogens with one attached hydrogen (secondary N) is 1. The molecule has 4 nitrogen and oxygen atoms in total. The molecule has 5 heteroatoms. The van der Waals surface area contributed by atoms with E-state index in [1.165, 1.54) is 4.88 Å². The van der Waals surface area contributed by atoms with Gasteiger partial charge in [0.2, 0.25) is 0 Å². The smallest absolute Gasteiger partial charge is 0.128 e. The second-order valence-corrected chi connectivity index (χ2v) is 4.92. The average Bonchev–Trinajstić information content (AvgIpc) is 2.65. The fraction of sp³-hybridized carbons (Fsp3) is 0.273. The van der Waals surface area contributed by atoms with E-state index < -0.39 is 0 Å². The monoisotopic (exact) mass is 234 g/mol. The standard InChI is InChI=1S/C11H14N4S/c1-7-6-14-11(16-7)8(2)15-10-5-9(12)3-4-13-10/h3-6,8H,1-2H3,(H3,12,13,15). The summed E-state index contributed by atoms with van der Waals surface area (Å²) in [4.78, 5) is 9.74. The average molecular weight is 234 g/mol. The van der Waals surface area contributed by atoms with Crippen molar-refractivity contribution in [2.75, 3.05) is 11.1 Å². The van der Waals surface area contributed by atoms with E-state index in [0.717, 1.165) is 10.8 Å². The molecule has 0 fully saturated rings. The van der Waals surface area contributed by atoms with Crippen LogP contribution in [0.1, 0.15) is 22.9 Å². The maximum atomic E-state index is 5.68. The molecule has 1 atom stereocenters. The highest BCUT2D eigenvalue weighted by Gasteiger charge is 2.09. The van der Waals surface area contributed by atoms with E-state index in [9.17, 15) is 0 Å². The maximum absolute atomic E-state index is 5.68. The molecule has 0 aromatic carbocycles. The van der Waals surface area contributed by atoms with Crippen LogP contribution in [0.3, 0.4) is 0 Å². The Hall–Kier alpha value is -1.62. The van der Waals surface area contributed by atoms with Gasteiger partial charge in [0.15, 0.2) is 0 Å². The second-order valence-electron chi connectivity index (χ2n) is 3.65. The third kappa shape index (κ3) is 2.49. The first-order valence-corrected chi connectivity index (χ1v) is 5.87. The normalized spacial score (nSPS) is 12.4. The number of nitrogens with two attached hydrogens (primary N) is 1. The second kappa shape index (κ2) is 4.49. The molecule has 0 aliphatic heterocycles. The van der Waals surface area contributed by atoms with Crippen LogP contribution >= 0.6 is 11.3 Å². The van der Waals surface area contributed by atoms with Crippen molar-refractivity contribution in [3.63, 3.8) is 0 Å². The molecule has 16 heavy (non-hydrogen) atoms. The zero-order valence-electron chi connectivity index (χ0n) is 9.27. The van der Waals surface area contributed by atoms with E-state index in [4.69, 9.17) is 5.73 Å². The molecule has 2 heterocycles. The molecule has 0 saturated carbocycles. The number of aryl methyl sites for hydroxylation is 1. The number of anilines is 2. The van der Waals surface area contributed by atoms with Gasteiger partial charge in [-0.2, -0.15) is 0 Å².